The summed E-state index contributed by atoms with van der Waals surface area (Å²) in [6, 6.07) is 16.9. The molecular weight excluding hydrogens is 280 g/mol. The molecule has 0 N–H and O–H groups in total. The first kappa shape index (κ1) is 14.7. The van der Waals surface area contributed by atoms with Gasteiger partial charge in [0.1, 0.15) is 12.3 Å². The van der Waals surface area contributed by atoms with E-state index in [4.69, 9.17) is 4.74 Å². The van der Waals surface area contributed by atoms with Gasteiger partial charge in [-0.1, -0.05) is 30.3 Å². The molecule has 0 amide bonds. The van der Waals surface area contributed by atoms with E-state index < -0.39 is 4.92 Å². The summed E-state index contributed by atoms with van der Waals surface area (Å²) in [6.45, 7) is 2.13. The van der Waals surface area contributed by atoms with Crippen molar-refractivity contribution in [1.82, 2.24) is 4.90 Å². The number of rotatable bonds is 3. The third-order valence-corrected chi connectivity index (χ3v) is 4.24. The molecule has 2 aromatic carbocycles. The average molecular weight is 298 g/mol. The quantitative estimate of drug-likeness (QED) is 0.640. The van der Waals surface area contributed by atoms with Gasteiger partial charge in [0, 0.05) is 18.2 Å². The minimum Gasteiger partial charge on any atom is -0.349 e. The van der Waals surface area contributed by atoms with Crippen LogP contribution in [0.5, 0.6) is 0 Å². The van der Waals surface area contributed by atoms with Crippen molar-refractivity contribution < 1.29 is 9.66 Å². The van der Waals surface area contributed by atoms with Crippen LogP contribution < -0.4 is 0 Å². The zero-order chi connectivity index (χ0) is 15.7. The van der Waals surface area contributed by atoms with Crippen LogP contribution in [0.1, 0.15) is 30.4 Å². The van der Waals surface area contributed by atoms with Crippen LogP contribution in [-0.2, 0) is 4.74 Å². The molecule has 5 nitrogen and oxygen atoms in total. The second-order valence-corrected chi connectivity index (χ2v) is 5.57. The summed E-state index contributed by atoms with van der Waals surface area (Å²) in [6.07, 6.45) is -0.201. The van der Waals surface area contributed by atoms with Crippen molar-refractivity contribution in [3.63, 3.8) is 0 Å². The van der Waals surface area contributed by atoms with Gasteiger partial charge in [0.2, 0.25) is 0 Å². The van der Waals surface area contributed by atoms with E-state index in [1.165, 1.54) is 12.1 Å². The Kier molecular flexibility index (Phi) is 3.92. The van der Waals surface area contributed by atoms with Crippen LogP contribution in [-0.4, -0.2) is 22.9 Å². The van der Waals surface area contributed by atoms with Gasteiger partial charge >= 0.3 is 0 Å². The van der Waals surface area contributed by atoms with Gasteiger partial charge in [-0.2, -0.15) is 0 Å². The first-order valence-electron chi connectivity index (χ1n) is 7.24. The van der Waals surface area contributed by atoms with Gasteiger partial charge in [-0.25, -0.2) is 0 Å². The van der Waals surface area contributed by atoms with Gasteiger partial charge in [0.05, 0.1) is 4.92 Å². The number of nitro benzene ring substituents is 1. The van der Waals surface area contributed by atoms with E-state index in [-0.39, 0.29) is 24.1 Å². The maximum Gasteiger partial charge on any atom is 0.269 e. The Bertz CT molecular complexity index is 657. The molecule has 3 rings (SSSR count). The fourth-order valence-corrected chi connectivity index (χ4v) is 2.85. The fraction of sp³-hybridized carbons (Fsp3) is 0.294. The Balaban J connectivity index is 1.85. The molecule has 0 aromatic heterocycles. The lowest BCUT2D eigenvalue weighted by atomic mass is 10.0. The fourth-order valence-electron chi connectivity index (χ4n) is 2.85. The highest BCUT2D eigenvalue weighted by Crippen LogP contribution is 2.41. The molecule has 1 aliphatic heterocycles. The van der Waals surface area contributed by atoms with Crippen LogP contribution in [0.3, 0.4) is 0 Å². The van der Waals surface area contributed by atoms with Crippen molar-refractivity contribution >= 4 is 5.69 Å². The number of likely N-dealkylation sites (N-methyl/N-ethyl adjacent to an activating group) is 1. The Morgan fingerprint density at radius 3 is 2.27 bits per heavy atom. The Hall–Kier alpha value is -2.24. The number of non-ortho nitro benzene ring substituents is 1. The number of hydrogen-bond donors (Lipinski definition) is 0. The molecule has 2 aromatic rings. The summed E-state index contributed by atoms with van der Waals surface area (Å²) in [4.78, 5) is 12.5. The van der Waals surface area contributed by atoms with Gasteiger partial charge in [-0.05, 0) is 37.2 Å². The van der Waals surface area contributed by atoms with Crippen LogP contribution in [0, 0.1) is 10.1 Å². The van der Waals surface area contributed by atoms with Gasteiger partial charge < -0.3 is 4.74 Å². The van der Waals surface area contributed by atoms with Crippen LogP contribution >= 0.6 is 0 Å². The first-order valence-corrected chi connectivity index (χ1v) is 7.24. The Morgan fingerprint density at radius 1 is 1.05 bits per heavy atom. The maximum absolute atomic E-state index is 10.8. The minimum atomic E-state index is -0.390. The molecule has 0 radical (unpaired) electrons. The number of nitro groups is 1. The molecule has 0 unspecified atom stereocenters. The third-order valence-electron chi connectivity index (χ3n) is 4.24. The predicted octanol–water partition coefficient (Wildman–Crippen LogP) is 3.69. The molecule has 3 atom stereocenters. The van der Waals surface area contributed by atoms with Gasteiger partial charge in [0.25, 0.3) is 5.69 Å². The highest BCUT2D eigenvalue weighted by atomic mass is 16.6. The summed E-state index contributed by atoms with van der Waals surface area (Å²) in [5, 5.41) is 10.8. The number of hydrogen-bond acceptors (Lipinski definition) is 4. The number of nitrogens with zero attached hydrogens (tertiary/aromatic N) is 2. The van der Waals surface area contributed by atoms with E-state index >= 15 is 0 Å². The molecule has 1 heterocycles. The molecule has 1 fully saturated rings. The zero-order valence-electron chi connectivity index (χ0n) is 12.5. The zero-order valence-corrected chi connectivity index (χ0v) is 12.5. The summed E-state index contributed by atoms with van der Waals surface area (Å²) >= 11 is 0. The van der Waals surface area contributed by atoms with Crippen LogP contribution in [0.15, 0.2) is 54.6 Å². The predicted molar refractivity (Wildman–Crippen MR) is 83.3 cm³/mol. The van der Waals surface area contributed by atoms with Gasteiger partial charge in [0.15, 0.2) is 0 Å². The van der Waals surface area contributed by atoms with Crippen molar-refractivity contribution in [2.24, 2.45) is 0 Å². The largest absolute Gasteiger partial charge is 0.349 e. The Labute approximate surface area is 129 Å². The molecule has 1 saturated heterocycles. The highest BCUT2D eigenvalue weighted by molar-refractivity contribution is 5.34. The van der Waals surface area contributed by atoms with E-state index in [1.54, 1.807) is 12.1 Å². The van der Waals surface area contributed by atoms with Crippen LogP contribution in [0.2, 0.25) is 0 Å². The second kappa shape index (κ2) is 5.87. The molecule has 22 heavy (non-hydrogen) atoms. The summed E-state index contributed by atoms with van der Waals surface area (Å²) in [5.74, 6) is 0. The maximum atomic E-state index is 10.8. The van der Waals surface area contributed by atoms with Gasteiger partial charge in [-0.3, -0.25) is 15.0 Å². The monoisotopic (exact) mass is 298 g/mol. The van der Waals surface area contributed by atoms with E-state index in [0.29, 0.717) is 0 Å². The van der Waals surface area contributed by atoms with E-state index in [0.717, 1.165) is 11.1 Å². The normalized spacial score (nSPS) is 25.3. The van der Waals surface area contributed by atoms with Crippen molar-refractivity contribution in [3.8, 4) is 0 Å². The smallest absolute Gasteiger partial charge is 0.269 e. The van der Waals surface area contributed by atoms with Crippen molar-refractivity contribution in [2.75, 3.05) is 7.05 Å². The van der Waals surface area contributed by atoms with E-state index in [2.05, 4.69) is 24.0 Å². The van der Waals surface area contributed by atoms with E-state index in [1.807, 2.05) is 25.2 Å². The van der Waals surface area contributed by atoms with Crippen molar-refractivity contribution in [2.45, 2.75) is 25.3 Å². The molecule has 0 spiro atoms. The molecule has 1 aliphatic rings. The standard InChI is InChI=1S/C17H18N2O3/c1-12-16(13-6-4-3-5-7-13)22-17(18(12)2)14-8-10-15(11-9-14)19(20)21/h3-12,16-17H,1-2H3/t12-,16+,17-/m0/s1. The number of benzene rings is 2. The molecular formula is C17H18N2O3. The van der Waals surface area contributed by atoms with E-state index in [9.17, 15) is 10.1 Å². The van der Waals surface area contributed by atoms with Crippen LogP contribution in [0.4, 0.5) is 5.69 Å². The van der Waals surface area contributed by atoms with Crippen LogP contribution in [0.25, 0.3) is 0 Å². The molecule has 0 aliphatic carbocycles. The SMILES string of the molecule is C[C@H]1[C@H](c2ccccc2)O[C@@H](c2ccc([N+](=O)[O-])cc2)N1C. The van der Waals surface area contributed by atoms with Crippen molar-refractivity contribution in [3.05, 3.63) is 75.8 Å². The third kappa shape index (κ3) is 2.61. The van der Waals surface area contributed by atoms with Gasteiger partial charge in [-0.15, -0.1) is 0 Å². The lowest BCUT2D eigenvalue weighted by molar-refractivity contribution is -0.384. The number of ether oxygens (including phenoxy) is 1. The molecule has 0 bridgehead atoms. The molecule has 5 heteroatoms. The highest BCUT2D eigenvalue weighted by Gasteiger charge is 2.38. The summed E-state index contributed by atoms with van der Waals surface area (Å²) in [7, 11) is 2.01. The summed E-state index contributed by atoms with van der Waals surface area (Å²) in [5.41, 5.74) is 2.17. The topological polar surface area (TPSA) is 55.6 Å². The molecule has 0 saturated carbocycles. The lowest BCUT2D eigenvalue weighted by Crippen LogP contribution is -2.27. The average Bonchev–Trinajstić information content (AvgIpc) is 2.84. The lowest BCUT2D eigenvalue weighted by Gasteiger charge is -2.21. The first-order chi connectivity index (χ1) is 10.6. The second-order valence-electron chi connectivity index (χ2n) is 5.57. The summed E-state index contributed by atoms with van der Waals surface area (Å²) < 4.78 is 6.21. The van der Waals surface area contributed by atoms with Crippen molar-refractivity contribution in [1.29, 1.82) is 0 Å². The Morgan fingerprint density at radius 2 is 1.68 bits per heavy atom. The molecule has 114 valence electrons. The minimum absolute atomic E-state index is 0.00797.